The minimum Gasteiger partial charge on any atom is -0.465 e. The summed E-state index contributed by atoms with van der Waals surface area (Å²) in [5, 5.41) is 0.650. The Labute approximate surface area is 129 Å². The van der Waals surface area contributed by atoms with Gasteiger partial charge in [-0.05, 0) is 44.1 Å². The van der Waals surface area contributed by atoms with E-state index >= 15 is 0 Å². The molecule has 0 amide bonds. The minimum absolute atomic E-state index is 0.143. The largest absolute Gasteiger partial charge is 0.465 e. The third-order valence-corrected chi connectivity index (χ3v) is 6.45. The molecular weight excluding hydrogens is 294 g/mol. The number of carbonyl (C=O) groups excluding carboxylic acids is 1. The summed E-state index contributed by atoms with van der Waals surface area (Å²) in [4.78, 5) is 11.4. The summed E-state index contributed by atoms with van der Waals surface area (Å²) in [6.07, 6.45) is 4.16. The molecule has 0 aromatic heterocycles. The molecule has 1 spiro atoms. The molecule has 3 atom stereocenters. The van der Waals surface area contributed by atoms with Crippen LogP contribution in [-0.2, 0) is 14.3 Å². The fourth-order valence-electron chi connectivity index (χ4n) is 2.72. The Kier molecular flexibility index (Phi) is 6.52. The molecule has 2 rings (SSSR count). The lowest BCUT2D eigenvalue weighted by Crippen LogP contribution is -2.41. The summed E-state index contributed by atoms with van der Waals surface area (Å²) in [6, 6.07) is -0.474. The smallest absolute Gasteiger partial charge is 0.322 e. The second-order valence-electron chi connectivity index (χ2n) is 5.47. The van der Waals surface area contributed by atoms with Crippen molar-refractivity contribution in [3.05, 3.63) is 0 Å². The van der Waals surface area contributed by atoms with Gasteiger partial charge >= 0.3 is 5.97 Å². The number of carbonyl (C=O) groups is 1. The SMILES string of the molecule is CCOC(=O)C(N)CCSC1CCOC2(CCSC2)C1. The maximum atomic E-state index is 11.4. The fraction of sp³-hybridized carbons (Fsp3) is 0.929. The van der Waals surface area contributed by atoms with Crippen LogP contribution in [0.4, 0.5) is 0 Å². The first kappa shape index (κ1) is 16.5. The molecule has 3 unspecified atom stereocenters. The van der Waals surface area contributed by atoms with E-state index < -0.39 is 6.04 Å². The standard InChI is InChI=1S/C14H25NO3S2/c1-2-17-13(16)12(15)4-7-20-11-3-6-18-14(9-11)5-8-19-10-14/h11-12H,2-10,15H2,1H3. The van der Waals surface area contributed by atoms with Gasteiger partial charge in [0.25, 0.3) is 0 Å². The topological polar surface area (TPSA) is 61.5 Å². The van der Waals surface area contributed by atoms with Gasteiger partial charge in [0.1, 0.15) is 6.04 Å². The number of hydrogen-bond donors (Lipinski definition) is 1. The molecule has 0 saturated carbocycles. The number of hydrogen-bond acceptors (Lipinski definition) is 6. The van der Waals surface area contributed by atoms with Crippen LogP contribution in [-0.4, -0.2) is 53.3 Å². The third kappa shape index (κ3) is 4.55. The molecule has 6 heteroatoms. The first-order valence-corrected chi connectivity index (χ1v) is 9.61. The average molecular weight is 319 g/mol. The van der Waals surface area contributed by atoms with E-state index in [1.807, 2.05) is 23.5 Å². The van der Waals surface area contributed by atoms with Crippen LogP contribution in [0.25, 0.3) is 0 Å². The fourth-order valence-corrected chi connectivity index (χ4v) is 5.50. The minimum atomic E-state index is -0.474. The molecule has 2 heterocycles. The molecule has 0 aliphatic carbocycles. The monoisotopic (exact) mass is 319 g/mol. The Hall–Kier alpha value is 0.0900. The third-order valence-electron chi connectivity index (χ3n) is 3.89. The number of thioether (sulfide) groups is 2. The van der Waals surface area contributed by atoms with Crippen LogP contribution < -0.4 is 5.73 Å². The molecule has 0 aromatic carbocycles. The molecule has 0 bridgehead atoms. The quantitative estimate of drug-likeness (QED) is 0.756. The molecule has 2 saturated heterocycles. The van der Waals surface area contributed by atoms with Gasteiger partial charge in [-0.15, -0.1) is 0 Å². The van der Waals surface area contributed by atoms with Gasteiger partial charge < -0.3 is 15.2 Å². The maximum Gasteiger partial charge on any atom is 0.322 e. The molecule has 2 N–H and O–H groups in total. The van der Waals surface area contributed by atoms with Crippen LogP contribution in [0, 0.1) is 0 Å². The van der Waals surface area contributed by atoms with Crippen molar-refractivity contribution >= 4 is 29.5 Å². The van der Waals surface area contributed by atoms with Crippen LogP contribution in [0.5, 0.6) is 0 Å². The molecule has 20 heavy (non-hydrogen) atoms. The van der Waals surface area contributed by atoms with Gasteiger partial charge in [-0.1, -0.05) is 0 Å². The molecule has 2 aliphatic heterocycles. The van der Waals surface area contributed by atoms with Crippen molar-refractivity contribution in [2.45, 2.75) is 49.5 Å². The number of ether oxygens (including phenoxy) is 2. The summed E-state index contributed by atoms with van der Waals surface area (Å²) in [6.45, 7) is 3.09. The highest BCUT2D eigenvalue weighted by atomic mass is 32.2. The highest BCUT2D eigenvalue weighted by molar-refractivity contribution is 8.00. The molecule has 2 fully saturated rings. The van der Waals surface area contributed by atoms with Crippen molar-refractivity contribution < 1.29 is 14.3 Å². The molecule has 116 valence electrons. The van der Waals surface area contributed by atoms with Gasteiger partial charge in [-0.2, -0.15) is 23.5 Å². The summed E-state index contributed by atoms with van der Waals surface area (Å²) in [5.74, 6) is 3.02. The van der Waals surface area contributed by atoms with Gasteiger partial charge in [0, 0.05) is 17.6 Å². The Morgan fingerprint density at radius 3 is 3.20 bits per heavy atom. The van der Waals surface area contributed by atoms with Crippen molar-refractivity contribution in [3.63, 3.8) is 0 Å². The van der Waals surface area contributed by atoms with Crippen molar-refractivity contribution in [3.8, 4) is 0 Å². The number of esters is 1. The van der Waals surface area contributed by atoms with Crippen molar-refractivity contribution in [1.82, 2.24) is 0 Å². The van der Waals surface area contributed by atoms with Crippen molar-refractivity contribution in [2.24, 2.45) is 5.73 Å². The summed E-state index contributed by atoms with van der Waals surface area (Å²) in [7, 11) is 0. The van der Waals surface area contributed by atoms with E-state index in [1.54, 1.807) is 6.92 Å². The molecular formula is C14H25NO3S2. The first-order chi connectivity index (χ1) is 9.65. The Balaban J connectivity index is 1.67. The molecule has 4 nitrogen and oxygen atoms in total. The maximum absolute atomic E-state index is 11.4. The Bertz CT molecular complexity index is 322. The summed E-state index contributed by atoms with van der Waals surface area (Å²) >= 11 is 3.95. The van der Waals surface area contributed by atoms with E-state index in [0.717, 1.165) is 31.0 Å². The zero-order valence-electron chi connectivity index (χ0n) is 12.1. The van der Waals surface area contributed by atoms with Gasteiger partial charge in [-0.3, -0.25) is 4.79 Å². The highest BCUT2D eigenvalue weighted by Crippen LogP contribution is 2.41. The number of rotatable bonds is 6. The summed E-state index contributed by atoms with van der Waals surface area (Å²) < 4.78 is 10.9. The van der Waals surface area contributed by atoms with Gasteiger partial charge in [0.05, 0.1) is 12.2 Å². The zero-order valence-corrected chi connectivity index (χ0v) is 13.8. The zero-order chi connectivity index (χ0) is 14.4. The molecule has 2 aliphatic rings. The van der Waals surface area contributed by atoms with E-state index in [4.69, 9.17) is 15.2 Å². The lowest BCUT2D eigenvalue weighted by molar-refractivity contribution is -0.144. The normalized spacial score (nSPS) is 31.4. The van der Waals surface area contributed by atoms with Crippen LogP contribution in [0.2, 0.25) is 0 Å². The highest BCUT2D eigenvalue weighted by Gasteiger charge is 2.40. The Morgan fingerprint density at radius 1 is 1.65 bits per heavy atom. The van der Waals surface area contributed by atoms with Gasteiger partial charge in [-0.25, -0.2) is 0 Å². The predicted octanol–water partition coefficient (Wildman–Crippen LogP) is 2.05. The second-order valence-corrected chi connectivity index (χ2v) is 7.98. The predicted molar refractivity (Wildman–Crippen MR) is 85.3 cm³/mol. The van der Waals surface area contributed by atoms with Crippen molar-refractivity contribution in [1.29, 1.82) is 0 Å². The van der Waals surface area contributed by atoms with E-state index in [0.29, 0.717) is 18.3 Å². The average Bonchev–Trinajstić information content (AvgIpc) is 2.87. The summed E-state index contributed by atoms with van der Waals surface area (Å²) in [5.41, 5.74) is 5.96. The van der Waals surface area contributed by atoms with Crippen molar-refractivity contribution in [2.75, 3.05) is 30.5 Å². The van der Waals surface area contributed by atoms with E-state index in [9.17, 15) is 4.79 Å². The van der Waals surface area contributed by atoms with Crippen LogP contribution >= 0.6 is 23.5 Å². The molecule has 0 aromatic rings. The van der Waals surface area contributed by atoms with E-state index in [2.05, 4.69) is 0 Å². The first-order valence-electron chi connectivity index (χ1n) is 7.41. The lowest BCUT2D eigenvalue weighted by atomic mass is 9.93. The van der Waals surface area contributed by atoms with Gasteiger partial charge in [0.15, 0.2) is 0 Å². The van der Waals surface area contributed by atoms with Crippen LogP contribution in [0.3, 0.4) is 0 Å². The van der Waals surface area contributed by atoms with E-state index in [-0.39, 0.29) is 11.6 Å². The second kappa shape index (κ2) is 7.92. The number of nitrogens with two attached hydrogens (primary N) is 1. The molecule has 0 radical (unpaired) electrons. The van der Waals surface area contributed by atoms with E-state index in [1.165, 1.54) is 12.2 Å². The van der Waals surface area contributed by atoms with Gasteiger partial charge in [0.2, 0.25) is 0 Å². The lowest BCUT2D eigenvalue weighted by Gasteiger charge is -2.37. The Morgan fingerprint density at radius 2 is 2.50 bits per heavy atom. The van der Waals surface area contributed by atoms with Crippen LogP contribution in [0.1, 0.15) is 32.6 Å². The van der Waals surface area contributed by atoms with Crippen LogP contribution in [0.15, 0.2) is 0 Å².